The minimum Gasteiger partial charge on any atom is -0.508 e. The summed E-state index contributed by atoms with van der Waals surface area (Å²) in [7, 11) is 0. The van der Waals surface area contributed by atoms with Crippen molar-refractivity contribution in [2.75, 3.05) is 0 Å². The van der Waals surface area contributed by atoms with Crippen molar-refractivity contribution < 1.29 is 5.11 Å². The van der Waals surface area contributed by atoms with Crippen molar-refractivity contribution in [3.05, 3.63) is 66.2 Å². The van der Waals surface area contributed by atoms with Gasteiger partial charge in [-0.05, 0) is 23.1 Å². The van der Waals surface area contributed by atoms with Crippen molar-refractivity contribution in [3.8, 4) is 16.9 Å². The fourth-order valence-corrected chi connectivity index (χ4v) is 2.16. The molecule has 0 atom stereocenters. The first-order chi connectivity index (χ1) is 8.70. The van der Waals surface area contributed by atoms with E-state index in [0.717, 1.165) is 16.7 Å². The number of hydrogen-bond acceptors (Lipinski definition) is 1. The molecule has 2 aliphatic rings. The fourth-order valence-electron chi connectivity index (χ4n) is 2.16. The van der Waals surface area contributed by atoms with Crippen LogP contribution in [0.25, 0.3) is 11.1 Å². The second-order valence-electron chi connectivity index (χ2n) is 4.64. The molecule has 0 unspecified atom stereocenters. The molecule has 0 bridgehead atoms. The average molecular weight is 238 g/mol. The van der Waals surface area contributed by atoms with Gasteiger partial charge < -0.3 is 5.11 Å². The van der Waals surface area contributed by atoms with Crippen LogP contribution in [0.2, 0.25) is 0 Å². The topological polar surface area (TPSA) is 20.2 Å². The molecule has 2 aliphatic carbocycles. The van der Waals surface area contributed by atoms with E-state index in [-0.39, 0.29) is 5.92 Å². The normalized spacial score (nSPS) is 10.4. The minimum absolute atomic E-state index is 0.271. The maximum absolute atomic E-state index is 10.2. The Labute approximate surface area is 108 Å². The first-order valence-electron chi connectivity index (χ1n) is 6.24. The Balaban J connectivity index is 2.89. The lowest BCUT2D eigenvalue weighted by molar-refractivity contribution is 0.466. The van der Waals surface area contributed by atoms with Crippen LogP contribution in [0.4, 0.5) is 0 Å². The van der Waals surface area contributed by atoms with Crippen molar-refractivity contribution in [3.63, 3.8) is 0 Å². The SMILES string of the molecule is CC(C)c1c(O)ccccc2ccccccc1-2. The number of rotatable bonds is 1. The summed E-state index contributed by atoms with van der Waals surface area (Å²) >= 11 is 0. The molecule has 1 N–H and O–H groups in total. The van der Waals surface area contributed by atoms with E-state index in [1.54, 1.807) is 6.07 Å². The van der Waals surface area contributed by atoms with Gasteiger partial charge in [-0.1, -0.05) is 68.4 Å². The Morgan fingerprint density at radius 1 is 0.778 bits per heavy atom. The highest BCUT2D eigenvalue weighted by molar-refractivity contribution is 5.69. The van der Waals surface area contributed by atoms with Gasteiger partial charge in [0.1, 0.15) is 5.75 Å². The Morgan fingerprint density at radius 3 is 2.00 bits per heavy atom. The quantitative estimate of drug-likeness (QED) is 0.760. The first kappa shape index (κ1) is 12.4. The standard InChI is InChI=1S/C17H18O/c1-13(2)17-15-11-6-4-3-5-9-14(15)10-7-8-12-16(17)18/h3-13,18H,1-2H3. The molecule has 18 heavy (non-hydrogen) atoms. The van der Waals surface area contributed by atoms with Crippen LogP contribution in [0.1, 0.15) is 25.3 Å². The predicted octanol–water partition coefficient (Wildman–Crippen LogP) is 4.74. The molecule has 0 aromatic carbocycles. The van der Waals surface area contributed by atoms with Crippen LogP contribution in [0.15, 0.2) is 60.7 Å². The Bertz CT molecular complexity index is 556. The van der Waals surface area contributed by atoms with Crippen LogP contribution >= 0.6 is 0 Å². The maximum atomic E-state index is 10.2. The second kappa shape index (κ2) is 5.54. The molecule has 0 spiro atoms. The lowest BCUT2D eigenvalue weighted by Crippen LogP contribution is -1.91. The second-order valence-corrected chi connectivity index (χ2v) is 4.64. The summed E-state index contributed by atoms with van der Waals surface area (Å²) in [6.45, 7) is 4.20. The van der Waals surface area contributed by atoms with Gasteiger partial charge in [-0.15, -0.1) is 0 Å². The molecule has 0 aromatic heterocycles. The number of aromatic hydroxyl groups is 1. The van der Waals surface area contributed by atoms with Gasteiger partial charge >= 0.3 is 0 Å². The van der Waals surface area contributed by atoms with Gasteiger partial charge in [-0.3, -0.25) is 0 Å². The molecule has 1 nitrogen and oxygen atoms in total. The van der Waals surface area contributed by atoms with E-state index in [4.69, 9.17) is 0 Å². The summed E-state index contributed by atoms with van der Waals surface area (Å²) in [4.78, 5) is 0. The van der Waals surface area contributed by atoms with Crippen LogP contribution in [-0.4, -0.2) is 5.11 Å². The Morgan fingerprint density at radius 2 is 1.33 bits per heavy atom. The highest BCUT2D eigenvalue weighted by atomic mass is 16.3. The van der Waals surface area contributed by atoms with Crippen LogP contribution in [0, 0.1) is 0 Å². The largest absolute Gasteiger partial charge is 0.508 e. The molecular weight excluding hydrogens is 220 g/mol. The molecular formula is C17H18O. The highest BCUT2D eigenvalue weighted by Crippen LogP contribution is 2.33. The zero-order valence-electron chi connectivity index (χ0n) is 10.8. The van der Waals surface area contributed by atoms with Gasteiger partial charge in [0.15, 0.2) is 0 Å². The smallest absolute Gasteiger partial charge is 0.119 e. The van der Waals surface area contributed by atoms with Crippen LogP contribution < -0.4 is 0 Å². The van der Waals surface area contributed by atoms with E-state index in [9.17, 15) is 5.11 Å². The first-order valence-corrected chi connectivity index (χ1v) is 6.24. The van der Waals surface area contributed by atoms with Crippen molar-refractivity contribution in [1.29, 1.82) is 0 Å². The van der Waals surface area contributed by atoms with Crippen LogP contribution in [0.5, 0.6) is 5.75 Å². The molecule has 0 saturated carbocycles. The van der Waals surface area contributed by atoms with E-state index in [0.29, 0.717) is 5.75 Å². The molecule has 92 valence electrons. The lowest BCUT2D eigenvalue weighted by atomic mass is 9.93. The van der Waals surface area contributed by atoms with Gasteiger partial charge in [0.05, 0.1) is 0 Å². The van der Waals surface area contributed by atoms with Crippen molar-refractivity contribution in [1.82, 2.24) is 0 Å². The van der Waals surface area contributed by atoms with Crippen molar-refractivity contribution in [2.24, 2.45) is 0 Å². The van der Waals surface area contributed by atoms with Gasteiger partial charge in [-0.2, -0.15) is 0 Å². The van der Waals surface area contributed by atoms with Crippen molar-refractivity contribution in [2.45, 2.75) is 19.8 Å². The van der Waals surface area contributed by atoms with E-state index in [2.05, 4.69) is 32.0 Å². The molecule has 0 aliphatic heterocycles. The fraction of sp³-hybridized carbons (Fsp3) is 0.176. The van der Waals surface area contributed by atoms with Gasteiger partial charge in [0.2, 0.25) is 0 Å². The third-order valence-electron chi connectivity index (χ3n) is 2.97. The maximum Gasteiger partial charge on any atom is 0.119 e. The molecule has 0 fully saturated rings. The lowest BCUT2D eigenvalue weighted by Gasteiger charge is -2.13. The highest BCUT2D eigenvalue weighted by Gasteiger charge is 2.11. The molecule has 0 saturated heterocycles. The summed E-state index contributed by atoms with van der Waals surface area (Å²) in [5, 5.41) is 10.2. The van der Waals surface area contributed by atoms with Crippen LogP contribution in [0.3, 0.4) is 0 Å². The van der Waals surface area contributed by atoms with Gasteiger partial charge in [-0.25, -0.2) is 0 Å². The summed E-state index contributed by atoms with van der Waals surface area (Å²) in [5.41, 5.74) is 3.20. The Hall–Kier alpha value is -2.02. The molecule has 0 aromatic rings. The summed E-state index contributed by atoms with van der Waals surface area (Å²) in [6, 6.07) is 19.8. The summed E-state index contributed by atoms with van der Waals surface area (Å²) < 4.78 is 0. The van der Waals surface area contributed by atoms with Gasteiger partial charge in [0.25, 0.3) is 0 Å². The summed E-state index contributed by atoms with van der Waals surface area (Å²) in [5.74, 6) is 0.622. The number of hydrogen-bond donors (Lipinski definition) is 1. The molecule has 0 amide bonds. The minimum atomic E-state index is 0.271. The van der Waals surface area contributed by atoms with Crippen molar-refractivity contribution >= 4 is 0 Å². The third-order valence-corrected chi connectivity index (χ3v) is 2.97. The van der Waals surface area contributed by atoms with E-state index < -0.39 is 0 Å². The van der Waals surface area contributed by atoms with E-state index in [1.165, 1.54) is 0 Å². The molecule has 1 heteroatoms. The zero-order valence-corrected chi connectivity index (χ0v) is 10.8. The van der Waals surface area contributed by atoms with E-state index in [1.807, 2.05) is 36.4 Å². The van der Waals surface area contributed by atoms with Gasteiger partial charge in [0, 0.05) is 5.56 Å². The van der Waals surface area contributed by atoms with Crippen LogP contribution in [-0.2, 0) is 0 Å². The monoisotopic (exact) mass is 238 g/mol. The Kier molecular flexibility index (Phi) is 3.83. The zero-order chi connectivity index (χ0) is 13.0. The third kappa shape index (κ3) is 2.62. The average Bonchev–Trinajstić information content (AvgIpc) is 2.28. The predicted molar refractivity (Wildman–Crippen MR) is 76.4 cm³/mol. The number of fused-ring (bicyclic) bond motifs is 1. The molecule has 0 heterocycles. The molecule has 2 rings (SSSR count). The van der Waals surface area contributed by atoms with E-state index >= 15 is 0 Å². The molecule has 0 radical (unpaired) electrons. The summed E-state index contributed by atoms with van der Waals surface area (Å²) in [6.07, 6.45) is 0.